The Labute approximate surface area is 119 Å². The molecule has 1 aromatic heterocycles. The average Bonchev–Trinajstić information content (AvgIpc) is 2.70. The second kappa shape index (κ2) is 5.79. The van der Waals surface area contributed by atoms with Gasteiger partial charge in [0.2, 0.25) is 0 Å². The fourth-order valence-electron chi connectivity index (χ4n) is 2.35. The zero-order valence-electron chi connectivity index (χ0n) is 12.2. The van der Waals surface area contributed by atoms with Gasteiger partial charge in [-0.1, -0.05) is 6.07 Å². The SMILES string of the molecule is CC(C)(C)OC(=O)N1CC(O)C(Cc2cccnc2)C1. The zero-order chi connectivity index (χ0) is 14.8. The van der Waals surface area contributed by atoms with Crippen LogP contribution in [0.25, 0.3) is 0 Å². The normalized spacial score (nSPS) is 22.9. The van der Waals surface area contributed by atoms with Crippen molar-refractivity contribution in [2.75, 3.05) is 13.1 Å². The molecule has 5 nitrogen and oxygen atoms in total. The molecule has 1 aliphatic rings. The molecule has 1 N–H and O–H groups in total. The summed E-state index contributed by atoms with van der Waals surface area (Å²) in [5.74, 6) is 0.0340. The van der Waals surface area contributed by atoms with Crippen molar-refractivity contribution in [2.24, 2.45) is 5.92 Å². The van der Waals surface area contributed by atoms with Gasteiger partial charge in [0.1, 0.15) is 5.60 Å². The lowest BCUT2D eigenvalue weighted by atomic mass is 9.98. The molecule has 5 heteroatoms. The molecule has 0 radical (unpaired) electrons. The second-order valence-electron chi connectivity index (χ2n) is 6.28. The first-order valence-corrected chi connectivity index (χ1v) is 6.90. The van der Waals surface area contributed by atoms with Gasteiger partial charge in [-0.05, 0) is 38.8 Å². The van der Waals surface area contributed by atoms with Crippen molar-refractivity contribution in [3.8, 4) is 0 Å². The van der Waals surface area contributed by atoms with Crippen LogP contribution in [0.15, 0.2) is 24.5 Å². The molecular formula is C15H22N2O3. The van der Waals surface area contributed by atoms with Gasteiger partial charge in [0.05, 0.1) is 12.6 Å². The summed E-state index contributed by atoms with van der Waals surface area (Å²) in [6.45, 7) is 6.37. The summed E-state index contributed by atoms with van der Waals surface area (Å²) < 4.78 is 5.33. The van der Waals surface area contributed by atoms with E-state index in [1.165, 1.54) is 0 Å². The van der Waals surface area contributed by atoms with Crippen LogP contribution in [0.1, 0.15) is 26.3 Å². The highest BCUT2D eigenvalue weighted by atomic mass is 16.6. The zero-order valence-corrected chi connectivity index (χ0v) is 12.2. The smallest absolute Gasteiger partial charge is 0.410 e. The highest BCUT2D eigenvalue weighted by Gasteiger charge is 2.35. The minimum atomic E-state index is -0.511. The number of aromatic nitrogens is 1. The van der Waals surface area contributed by atoms with E-state index in [2.05, 4.69) is 4.98 Å². The molecule has 1 amide bonds. The number of aliphatic hydroxyl groups is 1. The third-order valence-corrected chi connectivity index (χ3v) is 3.28. The van der Waals surface area contributed by atoms with Crippen LogP contribution in [0.2, 0.25) is 0 Å². The lowest BCUT2D eigenvalue weighted by molar-refractivity contribution is 0.0270. The number of hydrogen-bond acceptors (Lipinski definition) is 4. The molecule has 0 spiro atoms. The number of ether oxygens (including phenoxy) is 1. The molecule has 0 saturated carbocycles. The molecule has 1 aromatic rings. The van der Waals surface area contributed by atoms with Crippen LogP contribution in [0.5, 0.6) is 0 Å². The van der Waals surface area contributed by atoms with Crippen molar-refractivity contribution < 1.29 is 14.6 Å². The van der Waals surface area contributed by atoms with E-state index in [0.717, 1.165) is 5.56 Å². The van der Waals surface area contributed by atoms with E-state index in [4.69, 9.17) is 4.74 Å². The number of hydrogen-bond donors (Lipinski definition) is 1. The topological polar surface area (TPSA) is 62.7 Å². The standard InChI is InChI=1S/C15H22N2O3/c1-15(2,3)20-14(19)17-9-12(13(18)10-17)7-11-5-4-6-16-8-11/h4-6,8,12-13,18H,7,9-10H2,1-3H3. The quantitative estimate of drug-likeness (QED) is 0.897. The summed E-state index contributed by atoms with van der Waals surface area (Å²) in [7, 11) is 0. The Balaban J connectivity index is 1.94. The van der Waals surface area contributed by atoms with Gasteiger partial charge in [0, 0.05) is 24.9 Å². The molecule has 20 heavy (non-hydrogen) atoms. The van der Waals surface area contributed by atoms with E-state index >= 15 is 0 Å². The monoisotopic (exact) mass is 278 g/mol. The van der Waals surface area contributed by atoms with Gasteiger partial charge in [-0.25, -0.2) is 4.79 Å². The van der Waals surface area contributed by atoms with E-state index in [1.807, 2.05) is 32.9 Å². The van der Waals surface area contributed by atoms with Crippen LogP contribution in [0, 0.1) is 5.92 Å². The summed E-state index contributed by atoms with van der Waals surface area (Å²) >= 11 is 0. The van der Waals surface area contributed by atoms with Gasteiger partial charge in [0.25, 0.3) is 0 Å². The number of pyridine rings is 1. The molecule has 2 unspecified atom stereocenters. The van der Waals surface area contributed by atoms with Crippen LogP contribution in [-0.4, -0.2) is 45.9 Å². The molecule has 0 aromatic carbocycles. The van der Waals surface area contributed by atoms with Crippen LogP contribution in [0.4, 0.5) is 4.79 Å². The predicted molar refractivity (Wildman–Crippen MR) is 75.2 cm³/mol. The molecule has 0 bridgehead atoms. The maximum atomic E-state index is 12.0. The van der Waals surface area contributed by atoms with E-state index < -0.39 is 11.7 Å². The van der Waals surface area contributed by atoms with Crippen LogP contribution in [0.3, 0.4) is 0 Å². The molecule has 1 fully saturated rings. The maximum absolute atomic E-state index is 12.0. The summed E-state index contributed by atoms with van der Waals surface area (Å²) in [6, 6.07) is 3.86. The fraction of sp³-hybridized carbons (Fsp3) is 0.600. The Hall–Kier alpha value is -1.62. The Bertz CT molecular complexity index is 456. The number of aliphatic hydroxyl groups excluding tert-OH is 1. The van der Waals surface area contributed by atoms with E-state index in [1.54, 1.807) is 17.3 Å². The van der Waals surface area contributed by atoms with Gasteiger partial charge >= 0.3 is 6.09 Å². The van der Waals surface area contributed by atoms with Crippen molar-refractivity contribution in [3.63, 3.8) is 0 Å². The van der Waals surface area contributed by atoms with Crippen molar-refractivity contribution in [1.82, 2.24) is 9.88 Å². The van der Waals surface area contributed by atoms with E-state index in [9.17, 15) is 9.90 Å². The Morgan fingerprint density at radius 1 is 1.50 bits per heavy atom. The van der Waals surface area contributed by atoms with Gasteiger partial charge in [-0.3, -0.25) is 4.98 Å². The van der Waals surface area contributed by atoms with Crippen LogP contribution in [-0.2, 0) is 11.2 Å². The Morgan fingerprint density at radius 2 is 2.25 bits per heavy atom. The number of carbonyl (C=O) groups is 1. The first-order chi connectivity index (χ1) is 9.35. The van der Waals surface area contributed by atoms with Crippen LogP contribution >= 0.6 is 0 Å². The number of β-amino-alcohol motifs (C(OH)–C–C–N with tert-alkyl or cyclic N) is 1. The summed E-state index contributed by atoms with van der Waals surface area (Å²) in [5.41, 5.74) is 0.561. The highest BCUT2D eigenvalue weighted by molar-refractivity contribution is 5.68. The van der Waals surface area contributed by atoms with Crippen molar-refractivity contribution in [3.05, 3.63) is 30.1 Å². The molecular weight excluding hydrogens is 256 g/mol. The van der Waals surface area contributed by atoms with Crippen molar-refractivity contribution >= 4 is 6.09 Å². The summed E-state index contributed by atoms with van der Waals surface area (Å²) in [4.78, 5) is 17.6. The van der Waals surface area contributed by atoms with Gasteiger partial charge in [0.15, 0.2) is 0 Å². The third kappa shape index (κ3) is 3.93. The molecule has 1 saturated heterocycles. The first kappa shape index (κ1) is 14.8. The third-order valence-electron chi connectivity index (χ3n) is 3.28. The number of nitrogens with zero attached hydrogens (tertiary/aromatic N) is 2. The van der Waals surface area contributed by atoms with Crippen molar-refractivity contribution in [2.45, 2.75) is 38.9 Å². The number of rotatable bonds is 2. The van der Waals surface area contributed by atoms with Crippen molar-refractivity contribution in [1.29, 1.82) is 0 Å². The lowest BCUT2D eigenvalue weighted by Crippen LogP contribution is -2.35. The molecule has 2 atom stereocenters. The Morgan fingerprint density at radius 3 is 2.85 bits per heavy atom. The highest BCUT2D eigenvalue weighted by Crippen LogP contribution is 2.23. The summed E-state index contributed by atoms with van der Waals surface area (Å²) in [6.07, 6.45) is 3.37. The van der Waals surface area contributed by atoms with Gasteiger partial charge in [-0.15, -0.1) is 0 Å². The number of carbonyl (C=O) groups excluding carboxylic acids is 1. The van der Waals surface area contributed by atoms with Gasteiger partial charge < -0.3 is 14.7 Å². The van der Waals surface area contributed by atoms with Crippen LogP contribution < -0.4 is 0 Å². The number of likely N-dealkylation sites (tertiary alicyclic amines) is 1. The molecule has 0 aliphatic carbocycles. The fourth-order valence-corrected chi connectivity index (χ4v) is 2.35. The summed E-state index contributed by atoms with van der Waals surface area (Å²) in [5, 5.41) is 10.1. The van der Waals surface area contributed by atoms with E-state index in [0.29, 0.717) is 19.5 Å². The minimum absolute atomic E-state index is 0.0340. The molecule has 1 aliphatic heterocycles. The molecule has 2 rings (SSSR count). The van der Waals surface area contributed by atoms with E-state index in [-0.39, 0.29) is 12.0 Å². The second-order valence-corrected chi connectivity index (χ2v) is 6.28. The average molecular weight is 278 g/mol. The largest absolute Gasteiger partial charge is 0.444 e. The molecule has 2 heterocycles. The first-order valence-electron chi connectivity index (χ1n) is 6.90. The minimum Gasteiger partial charge on any atom is -0.444 e. The molecule has 110 valence electrons. The Kier molecular flexibility index (Phi) is 4.28. The van der Waals surface area contributed by atoms with Gasteiger partial charge in [-0.2, -0.15) is 0 Å². The number of amides is 1. The predicted octanol–water partition coefficient (Wildman–Crippen LogP) is 1.85. The maximum Gasteiger partial charge on any atom is 0.410 e. The lowest BCUT2D eigenvalue weighted by Gasteiger charge is -2.24.